The SMILES string of the molecule is COc1ccc2cc(-c3onc(C#N)c3Br)ccc2c1. The number of fused-ring (bicyclic) bond motifs is 1. The van der Waals surface area contributed by atoms with Gasteiger partial charge in [-0.15, -0.1) is 0 Å². The first kappa shape index (κ1) is 12.7. The van der Waals surface area contributed by atoms with E-state index in [1.807, 2.05) is 42.5 Å². The molecule has 20 heavy (non-hydrogen) atoms. The van der Waals surface area contributed by atoms with E-state index >= 15 is 0 Å². The maximum Gasteiger partial charge on any atom is 0.198 e. The predicted molar refractivity (Wildman–Crippen MR) is 78.4 cm³/mol. The van der Waals surface area contributed by atoms with E-state index in [1.54, 1.807) is 7.11 Å². The van der Waals surface area contributed by atoms with E-state index in [0.717, 1.165) is 22.1 Å². The lowest BCUT2D eigenvalue weighted by Crippen LogP contribution is -1.83. The highest BCUT2D eigenvalue weighted by molar-refractivity contribution is 9.10. The molecule has 0 fully saturated rings. The molecule has 2 aromatic carbocycles. The molecule has 3 rings (SSSR count). The Kier molecular flexibility index (Phi) is 3.17. The van der Waals surface area contributed by atoms with Crippen LogP contribution in [0, 0.1) is 11.3 Å². The van der Waals surface area contributed by atoms with Crippen molar-refractivity contribution in [2.24, 2.45) is 0 Å². The third kappa shape index (κ3) is 2.04. The molecule has 98 valence electrons. The summed E-state index contributed by atoms with van der Waals surface area (Å²) >= 11 is 3.34. The summed E-state index contributed by atoms with van der Waals surface area (Å²) in [5.74, 6) is 1.37. The van der Waals surface area contributed by atoms with Gasteiger partial charge < -0.3 is 9.26 Å². The highest BCUT2D eigenvalue weighted by Crippen LogP contribution is 2.33. The summed E-state index contributed by atoms with van der Waals surface area (Å²) in [5.41, 5.74) is 1.11. The van der Waals surface area contributed by atoms with Gasteiger partial charge in [0.05, 0.1) is 7.11 Å². The van der Waals surface area contributed by atoms with Crippen LogP contribution in [0.15, 0.2) is 45.4 Å². The van der Waals surface area contributed by atoms with Crippen molar-refractivity contribution >= 4 is 26.7 Å². The second-order valence-electron chi connectivity index (χ2n) is 4.21. The molecule has 1 heterocycles. The molecule has 0 aliphatic heterocycles. The maximum absolute atomic E-state index is 8.89. The molecule has 0 aliphatic rings. The molecule has 0 aliphatic carbocycles. The quantitative estimate of drug-likeness (QED) is 0.709. The number of hydrogen-bond acceptors (Lipinski definition) is 4. The zero-order chi connectivity index (χ0) is 14.1. The number of methoxy groups -OCH3 is 1. The van der Waals surface area contributed by atoms with Gasteiger partial charge in [0.25, 0.3) is 0 Å². The van der Waals surface area contributed by atoms with Crippen molar-refractivity contribution < 1.29 is 9.26 Å². The molecule has 0 N–H and O–H groups in total. The summed E-state index contributed by atoms with van der Waals surface area (Å²) in [6, 6.07) is 13.7. The van der Waals surface area contributed by atoms with E-state index in [9.17, 15) is 0 Å². The second kappa shape index (κ2) is 4.99. The first-order valence-electron chi connectivity index (χ1n) is 5.86. The van der Waals surface area contributed by atoms with E-state index in [0.29, 0.717) is 10.2 Å². The number of ether oxygens (including phenoxy) is 1. The highest BCUT2D eigenvalue weighted by atomic mass is 79.9. The Morgan fingerprint density at radius 2 is 1.95 bits per heavy atom. The average Bonchev–Trinajstić information content (AvgIpc) is 2.87. The fourth-order valence-corrected chi connectivity index (χ4v) is 2.48. The van der Waals surface area contributed by atoms with Crippen molar-refractivity contribution in [3.63, 3.8) is 0 Å². The average molecular weight is 329 g/mol. The number of rotatable bonds is 2. The first-order chi connectivity index (χ1) is 9.72. The van der Waals surface area contributed by atoms with Crippen LogP contribution >= 0.6 is 15.9 Å². The molecular formula is C15H9BrN2O2. The van der Waals surface area contributed by atoms with Crippen molar-refractivity contribution in [3.05, 3.63) is 46.6 Å². The van der Waals surface area contributed by atoms with Crippen molar-refractivity contribution in [1.29, 1.82) is 5.26 Å². The van der Waals surface area contributed by atoms with Crippen molar-refractivity contribution in [2.75, 3.05) is 7.11 Å². The summed E-state index contributed by atoms with van der Waals surface area (Å²) in [7, 11) is 1.64. The van der Waals surface area contributed by atoms with Crippen LogP contribution in [0.5, 0.6) is 5.75 Å². The van der Waals surface area contributed by atoms with Gasteiger partial charge in [-0.2, -0.15) is 5.26 Å². The lowest BCUT2D eigenvalue weighted by atomic mass is 10.1. The van der Waals surface area contributed by atoms with E-state index in [1.165, 1.54) is 0 Å². The molecular weight excluding hydrogens is 320 g/mol. The Balaban J connectivity index is 2.13. The summed E-state index contributed by atoms with van der Waals surface area (Å²) in [4.78, 5) is 0. The van der Waals surface area contributed by atoms with E-state index in [4.69, 9.17) is 14.5 Å². The van der Waals surface area contributed by atoms with Gasteiger partial charge in [0.15, 0.2) is 11.5 Å². The summed E-state index contributed by atoms with van der Waals surface area (Å²) in [5, 5.41) is 14.7. The zero-order valence-corrected chi connectivity index (χ0v) is 12.1. The highest BCUT2D eigenvalue weighted by Gasteiger charge is 2.15. The molecule has 4 nitrogen and oxygen atoms in total. The third-order valence-electron chi connectivity index (χ3n) is 3.05. The molecule has 0 unspecified atom stereocenters. The standard InChI is InChI=1S/C15H9BrN2O2/c1-19-12-5-4-9-6-11(3-2-10(9)7-12)15-14(16)13(8-17)18-20-15/h2-7H,1H3. The van der Waals surface area contributed by atoms with Gasteiger partial charge in [0.1, 0.15) is 16.3 Å². The summed E-state index contributed by atoms with van der Waals surface area (Å²) < 4.78 is 11.0. The van der Waals surface area contributed by atoms with Crippen LogP contribution in [0.4, 0.5) is 0 Å². The van der Waals surface area contributed by atoms with Crippen LogP contribution < -0.4 is 4.74 Å². The van der Waals surface area contributed by atoms with E-state index < -0.39 is 0 Å². The first-order valence-corrected chi connectivity index (χ1v) is 6.65. The van der Waals surface area contributed by atoms with Crippen molar-refractivity contribution in [1.82, 2.24) is 5.16 Å². The number of halogens is 1. The lowest BCUT2D eigenvalue weighted by Gasteiger charge is -2.04. The van der Waals surface area contributed by atoms with Gasteiger partial charge in [-0.25, -0.2) is 0 Å². The topological polar surface area (TPSA) is 59.1 Å². The van der Waals surface area contributed by atoms with Gasteiger partial charge in [-0.3, -0.25) is 0 Å². The fourth-order valence-electron chi connectivity index (χ4n) is 2.02. The number of aromatic nitrogens is 1. The predicted octanol–water partition coefficient (Wildman–Crippen LogP) is 4.14. The number of hydrogen-bond donors (Lipinski definition) is 0. The van der Waals surface area contributed by atoms with Crippen LogP contribution in [0.2, 0.25) is 0 Å². The minimum absolute atomic E-state index is 0.245. The van der Waals surface area contributed by atoms with Gasteiger partial charge in [0, 0.05) is 5.56 Å². The Hall–Kier alpha value is -2.32. The number of nitrogens with zero attached hydrogens (tertiary/aromatic N) is 2. The third-order valence-corrected chi connectivity index (χ3v) is 3.79. The smallest absolute Gasteiger partial charge is 0.198 e. The molecule has 0 bridgehead atoms. The molecule has 5 heteroatoms. The molecule has 0 radical (unpaired) electrons. The molecule has 0 atom stereocenters. The Morgan fingerprint density at radius 1 is 1.20 bits per heavy atom. The van der Waals surface area contributed by atoms with Gasteiger partial charge in [-0.1, -0.05) is 23.4 Å². The normalized spacial score (nSPS) is 10.4. The second-order valence-corrected chi connectivity index (χ2v) is 5.01. The number of nitriles is 1. The molecule has 1 aromatic heterocycles. The van der Waals surface area contributed by atoms with Crippen LogP contribution in [0.25, 0.3) is 22.1 Å². The Bertz CT molecular complexity index is 833. The zero-order valence-electron chi connectivity index (χ0n) is 10.6. The monoisotopic (exact) mass is 328 g/mol. The molecule has 0 amide bonds. The molecule has 0 saturated heterocycles. The van der Waals surface area contributed by atoms with Gasteiger partial charge in [0.2, 0.25) is 0 Å². The summed E-state index contributed by atoms with van der Waals surface area (Å²) in [6.45, 7) is 0. The lowest BCUT2D eigenvalue weighted by molar-refractivity contribution is 0.415. The van der Waals surface area contributed by atoms with Crippen molar-refractivity contribution in [2.45, 2.75) is 0 Å². The maximum atomic E-state index is 8.89. The fraction of sp³-hybridized carbons (Fsp3) is 0.0667. The Morgan fingerprint density at radius 3 is 2.65 bits per heavy atom. The largest absolute Gasteiger partial charge is 0.497 e. The minimum Gasteiger partial charge on any atom is -0.497 e. The van der Waals surface area contributed by atoms with Crippen LogP contribution in [0.3, 0.4) is 0 Å². The van der Waals surface area contributed by atoms with Gasteiger partial charge in [-0.05, 0) is 44.9 Å². The molecule has 0 spiro atoms. The Labute approximate surface area is 123 Å². The van der Waals surface area contributed by atoms with Crippen LogP contribution in [-0.2, 0) is 0 Å². The molecule has 0 saturated carbocycles. The minimum atomic E-state index is 0.245. The molecule has 3 aromatic rings. The van der Waals surface area contributed by atoms with Crippen LogP contribution in [0.1, 0.15) is 5.69 Å². The van der Waals surface area contributed by atoms with E-state index in [-0.39, 0.29) is 5.69 Å². The van der Waals surface area contributed by atoms with Gasteiger partial charge >= 0.3 is 0 Å². The van der Waals surface area contributed by atoms with Crippen LogP contribution in [-0.4, -0.2) is 12.3 Å². The number of benzene rings is 2. The summed E-state index contributed by atoms with van der Waals surface area (Å²) in [6.07, 6.45) is 0. The van der Waals surface area contributed by atoms with E-state index in [2.05, 4.69) is 21.1 Å². The van der Waals surface area contributed by atoms with Crippen molar-refractivity contribution in [3.8, 4) is 23.1 Å².